The second-order valence-corrected chi connectivity index (χ2v) is 8.17. The van der Waals surface area contributed by atoms with Crippen molar-refractivity contribution < 1.29 is 9.59 Å². The summed E-state index contributed by atoms with van der Waals surface area (Å²) in [5, 5.41) is 2.98. The van der Waals surface area contributed by atoms with Crippen LogP contribution in [0.15, 0.2) is 30.5 Å². The lowest BCUT2D eigenvalue weighted by atomic mass is 10.0. The summed E-state index contributed by atoms with van der Waals surface area (Å²) in [4.78, 5) is 31.5. The molecule has 0 bridgehead atoms. The average Bonchev–Trinajstić information content (AvgIpc) is 3.29. The number of benzene rings is 1. The molecule has 2 amide bonds. The molecule has 148 valence electrons. The molecule has 6 nitrogen and oxygen atoms in total. The molecule has 1 N–H and O–H groups in total. The molecule has 6 heteroatoms. The van der Waals surface area contributed by atoms with Gasteiger partial charge in [0.25, 0.3) is 0 Å². The Morgan fingerprint density at radius 2 is 2.18 bits per heavy atom. The molecule has 1 saturated heterocycles. The maximum absolute atomic E-state index is 12.6. The fourth-order valence-corrected chi connectivity index (χ4v) is 4.06. The van der Waals surface area contributed by atoms with E-state index >= 15 is 0 Å². The van der Waals surface area contributed by atoms with Gasteiger partial charge in [0, 0.05) is 37.8 Å². The van der Waals surface area contributed by atoms with Gasteiger partial charge in [-0.25, -0.2) is 4.98 Å². The third-order valence-electron chi connectivity index (χ3n) is 5.75. The van der Waals surface area contributed by atoms with Crippen molar-refractivity contribution in [3.05, 3.63) is 47.5 Å². The Balaban J connectivity index is 1.37. The molecule has 4 rings (SSSR count). The maximum atomic E-state index is 12.6. The molecule has 0 saturated carbocycles. The van der Waals surface area contributed by atoms with E-state index in [0.717, 1.165) is 30.2 Å². The first-order valence-electron chi connectivity index (χ1n) is 10.2. The van der Waals surface area contributed by atoms with Crippen molar-refractivity contribution in [3.63, 3.8) is 0 Å². The molecule has 1 atom stereocenters. The van der Waals surface area contributed by atoms with E-state index in [1.165, 1.54) is 18.4 Å². The molecule has 0 aliphatic carbocycles. The van der Waals surface area contributed by atoms with E-state index in [4.69, 9.17) is 0 Å². The summed E-state index contributed by atoms with van der Waals surface area (Å²) in [6.45, 7) is 6.14. The Hall–Kier alpha value is -2.63. The van der Waals surface area contributed by atoms with Crippen LogP contribution in [0, 0.1) is 5.92 Å². The van der Waals surface area contributed by atoms with Crippen molar-refractivity contribution >= 4 is 17.5 Å². The molecule has 2 aliphatic rings. The van der Waals surface area contributed by atoms with Crippen molar-refractivity contribution in [2.45, 2.75) is 58.5 Å². The molecular formula is C22H28N4O2. The van der Waals surface area contributed by atoms with Crippen LogP contribution in [-0.4, -0.2) is 27.9 Å². The molecule has 2 aromatic rings. The second-order valence-electron chi connectivity index (χ2n) is 8.17. The smallest absolute Gasteiger partial charge is 0.227 e. The highest BCUT2D eigenvalue weighted by atomic mass is 16.2. The minimum Gasteiger partial charge on any atom is -0.350 e. The van der Waals surface area contributed by atoms with E-state index in [-0.39, 0.29) is 24.2 Å². The Labute approximate surface area is 165 Å². The normalized spacial score (nSPS) is 19.2. The number of imidazole rings is 1. The van der Waals surface area contributed by atoms with Gasteiger partial charge < -0.3 is 14.8 Å². The number of rotatable bonds is 5. The summed E-state index contributed by atoms with van der Waals surface area (Å²) in [5.74, 6) is 1.15. The molecule has 28 heavy (non-hydrogen) atoms. The first kappa shape index (κ1) is 18.7. The van der Waals surface area contributed by atoms with E-state index in [2.05, 4.69) is 40.8 Å². The summed E-state index contributed by atoms with van der Waals surface area (Å²) in [6.07, 6.45) is 5.68. The Morgan fingerprint density at radius 3 is 2.96 bits per heavy atom. The van der Waals surface area contributed by atoms with E-state index in [0.29, 0.717) is 19.0 Å². The number of carbonyl (C=O) groups is 2. The molecule has 0 radical (unpaired) electrons. The maximum Gasteiger partial charge on any atom is 0.227 e. The Morgan fingerprint density at radius 1 is 1.32 bits per heavy atom. The second kappa shape index (κ2) is 7.78. The quantitative estimate of drug-likeness (QED) is 0.867. The average molecular weight is 380 g/mol. The number of nitrogens with one attached hydrogen (secondary N) is 1. The number of hydrogen-bond acceptors (Lipinski definition) is 3. The van der Waals surface area contributed by atoms with Gasteiger partial charge in [-0.05, 0) is 36.5 Å². The van der Waals surface area contributed by atoms with Crippen LogP contribution in [0.2, 0.25) is 0 Å². The third-order valence-corrected chi connectivity index (χ3v) is 5.75. The van der Waals surface area contributed by atoms with Crippen molar-refractivity contribution in [2.24, 2.45) is 5.92 Å². The standard InChI is InChI=1S/C22H28N4O2/c1-15(2)16-6-5-7-19(10-16)26-13-17(11-21(26)27)22(28)23-12-18-14-25-9-4-3-8-20(25)24-18/h5-7,10,14-15,17H,3-4,8-9,11-13H2,1-2H3,(H,23,28). The zero-order chi connectivity index (χ0) is 19.7. The lowest BCUT2D eigenvalue weighted by Gasteiger charge is -2.18. The van der Waals surface area contributed by atoms with Gasteiger partial charge in [0.15, 0.2) is 0 Å². The predicted molar refractivity (Wildman–Crippen MR) is 108 cm³/mol. The van der Waals surface area contributed by atoms with Gasteiger partial charge in [-0.1, -0.05) is 26.0 Å². The van der Waals surface area contributed by atoms with E-state index < -0.39 is 0 Å². The number of hydrogen-bond donors (Lipinski definition) is 1. The first-order chi connectivity index (χ1) is 13.5. The van der Waals surface area contributed by atoms with Crippen molar-refractivity contribution in [2.75, 3.05) is 11.4 Å². The zero-order valence-electron chi connectivity index (χ0n) is 16.6. The van der Waals surface area contributed by atoms with Crippen LogP contribution in [-0.2, 0) is 29.1 Å². The highest BCUT2D eigenvalue weighted by Gasteiger charge is 2.35. The van der Waals surface area contributed by atoms with Crippen LogP contribution in [0.1, 0.15) is 56.1 Å². The monoisotopic (exact) mass is 380 g/mol. The molecule has 0 spiro atoms. The third kappa shape index (κ3) is 3.81. The van der Waals surface area contributed by atoms with Crippen LogP contribution in [0.5, 0.6) is 0 Å². The lowest BCUT2D eigenvalue weighted by Crippen LogP contribution is -2.32. The SMILES string of the molecule is CC(C)c1cccc(N2CC(C(=O)NCc3cn4c(n3)CCCC4)CC2=O)c1. The Bertz CT molecular complexity index is 863. The fourth-order valence-electron chi connectivity index (χ4n) is 4.06. The van der Waals surface area contributed by atoms with Crippen LogP contribution in [0.25, 0.3) is 0 Å². The molecule has 3 heterocycles. The van der Waals surface area contributed by atoms with Crippen molar-refractivity contribution in [3.8, 4) is 0 Å². The topological polar surface area (TPSA) is 67.2 Å². The minimum absolute atomic E-state index is 0.0125. The highest BCUT2D eigenvalue weighted by molar-refractivity contribution is 6.00. The number of amides is 2. The number of nitrogens with zero attached hydrogens (tertiary/aromatic N) is 3. The Kier molecular flexibility index (Phi) is 5.20. The van der Waals surface area contributed by atoms with Crippen LogP contribution in [0.3, 0.4) is 0 Å². The van der Waals surface area contributed by atoms with Crippen LogP contribution < -0.4 is 10.2 Å². The van der Waals surface area contributed by atoms with E-state index in [1.54, 1.807) is 4.90 Å². The summed E-state index contributed by atoms with van der Waals surface area (Å²) in [7, 11) is 0. The van der Waals surface area contributed by atoms with Gasteiger partial charge in [0.2, 0.25) is 11.8 Å². The van der Waals surface area contributed by atoms with Gasteiger partial charge in [-0.15, -0.1) is 0 Å². The molecule has 1 unspecified atom stereocenters. The zero-order valence-corrected chi connectivity index (χ0v) is 16.6. The number of anilines is 1. The molecule has 1 fully saturated rings. The molecule has 2 aliphatic heterocycles. The number of aromatic nitrogens is 2. The number of carbonyl (C=O) groups excluding carboxylic acids is 2. The fraction of sp³-hybridized carbons (Fsp3) is 0.500. The largest absolute Gasteiger partial charge is 0.350 e. The summed E-state index contributed by atoms with van der Waals surface area (Å²) in [6, 6.07) is 8.05. The van der Waals surface area contributed by atoms with Gasteiger partial charge >= 0.3 is 0 Å². The van der Waals surface area contributed by atoms with Crippen molar-refractivity contribution in [1.82, 2.24) is 14.9 Å². The van der Waals surface area contributed by atoms with Crippen LogP contribution in [0.4, 0.5) is 5.69 Å². The summed E-state index contributed by atoms with van der Waals surface area (Å²) >= 11 is 0. The van der Waals surface area contributed by atoms with Gasteiger partial charge in [-0.2, -0.15) is 0 Å². The number of aryl methyl sites for hydroxylation is 2. The van der Waals surface area contributed by atoms with Gasteiger partial charge in [0.05, 0.1) is 18.2 Å². The molecule has 1 aromatic heterocycles. The molecular weight excluding hydrogens is 352 g/mol. The highest BCUT2D eigenvalue weighted by Crippen LogP contribution is 2.28. The minimum atomic E-state index is -0.313. The number of fused-ring (bicyclic) bond motifs is 1. The van der Waals surface area contributed by atoms with E-state index in [1.807, 2.05) is 18.3 Å². The van der Waals surface area contributed by atoms with E-state index in [9.17, 15) is 9.59 Å². The first-order valence-corrected chi connectivity index (χ1v) is 10.2. The predicted octanol–water partition coefficient (Wildman–Crippen LogP) is 3.01. The van der Waals surface area contributed by atoms with Gasteiger partial charge in [-0.3, -0.25) is 9.59 Å². The van der Waals surface area contributed by atoms with Crippen molar-refractivity contribution in [1.29, 1.82) is 0 Å². The van der Waals surface area contributed by atoms with Crippen LogP contribution >= 0.6 is 0 Å². The summed E-state index contributed by atoms with van der Waals surface area (Å²) < 4.78 is 2.19. The molecule has 1 aromatic carbocycles. The van der Waals surface area contributed by atoms with Gasteiger partial charge in [0.1, 0.15) is 5.82 Å². The summed E-state index contributed by atoms with van der Waals surface area (Å²) in [5.41, 5.74) is 2.98. The lowest BCUT2D eigenvalue weighted by molar-refractivity contribution is -0.126.